The molecule has 0 fully saturated rings. The third-order valence-electron chi connectivity index (χ3n) is 4.51. The molecule has 0 saturated carbocycles. The number of nitrogens with one attached hydrogen (secondary N) is 2. The van der Waals surface area contributed by atoms with E-state index in [-0.39, 0.29) is 5.49 Å². The van der Waals surface area contributed by atoms with Crippen LogP contribution in [0.1, 0.15) is 5.56 Å². The highest BCUT2D eigenvalue weighted by molar-refractivity contribution is 7.16. The molecule has 5 aromatic rings. The SMILES string of the molecule is N=c1ncn(Cc2c(Cl)cccc2Cl)c2nc(-c3ccc4scnc4c3)[nH]c12. The van der Waals surface area contributed by atoms with Crippen LogP contribution in [0.3, 0.4) is 0 Å². The summed E-state index contributed by atoms with van der Waals surface area (Å²) in [7, 11) is 0. The van der Waals surface area contributed by atoms with E-state index in [1.807, 2.05) is 28.3 Å². The van der Waals surface area contributed by atoms with Gasteiger partial charge in [0.05, 0.1) is 28.6 Å². The van der Waals surface area contributed by atoms with Crippen molar-refractivity contribution in [3.63, 3.8) is 0 Å². The molecule has 6 nitrogen and oxygen atoms in total. The fourth-order valence-electron chi connectivity index (χ4n) is 3.09. The summed E-state index contributed by atoms with van der Waals surface area (Å²) in [5, 5.41) is 9.30. The number of benzene rings is 2. The molecule has 28 heavy (non-hydrogen) atoms. The van der Waals surface area contributed by atoms with Crippen LogP contribution in [0.5, 0.6) is 0 Å². The van der Waals surface area contributed by atoms with Crippen LogP contribution in [0.2, 0.25) is 10.0 Å². The van der Waals surface area contributed by atoms with Gasteiger partial charge in [-0.15, -0.1) is 11.3 Å². The van der Waals surface area contributed by atoms with Crippen molar-refractivity contribution in [3.05, 3.63) is 69.3 Å². The van der Waals surface area contributed by atoms with Gasteiger partial charge in [-0.1, -0.05) is 29.3 Å². The predicted octanol–water partition coefficient (Wildman–Crippen LogP) is 4.87. The van der Waals surface area contributed by atoms with E-state index in [2.05, 4.69) is 15.0 Å². The fraction of sp³-hybridized carbons (Fsp3) is 0.0526. The van der Waals surface area contributed by atoms with E-state index < -0.39 is 0 Å². The van der Waals surface area contributed by atoms with Gasteiger partial charge in [-0.2, -0.15) is 0 Å². The quantitative estimate of drug-likeness (QED) is 0.431. The van der Waals surface area contributed by atoms with Gasteiger partial charge in [0.15, 0.2) is 11.1 Å². The highest BCUT2D eigenvalue weighted by Gasteiger charge is 2.14. The maximum Gasteiger partial charge on any atom is 0.173 e. The Labute approximate surface area is 173 Å². The van der Waals surface area contributed by atoms with Crippen molar-refractivity contribution in [3.8, 4) is 11.4 Å². The van der Waals surface area contributed by atoms with Crippen molar-refractivity contribution in [2.75, 3.05) is 0 Å². The summed E-state index contributed by atoms with van der Waals surface area (Å²) in [6.45, 7) is 0.400. The molecule has 0 amide bonds. The number of rotatable bonds is 3. The summed E-state index contributed by atoms with van der Waals surface area (Å²) in [6.07, 6.45) is 1.58. The molecule has 0 spiro atoms. The zero-order valence-electron chi connectivity index (χ0n) is 14.3. The van der Waals surface area contributed by atoms with Gasteiger partial charge in [-0.3, -0.25) is 5.41 Å². The number of H-pyrrole nitrogens is 1. The lowest BCUT2D eigenvalue weighted by Gasteiger charge is -2.10. The maximum atomic E-state index is 8.15. The van der Waals surface area contributed by atoms with Crippen LogP contribution in [0.15, 0.2) is 48.2 Å². The van der Waals surface area contributed by atoms with Gasteiger partial charge in [-0.05, 0) is 30.3 Å². The van der Waals surface area contributed by atoms with Crippen LogP contribution >= 0.6 is 34.5 Å². The molecular weight excluding hydrogens is 415 g/mol. The smallest absolute Gasteiger partial charge is 0.173 e. The van der Waals surface area contributed by atoms with Gasteiger partial charge in [0.25, 0.3) is 0 Å². The minimum atomic E-state index is 0.130. The van der Waals surface area contributed by atoms with Crippen molar-refractivity contribution < 1.29 is 0 Å². The fourth-order valence-corrected chi connectivity index (χ4v) is 4.27. The summed E-state index contributed by atoms with van der Waals surface area (Å²) >= 11 is 14.2. The van der Waals surface area contributed by atoms with Crippen LogP contribution < -0.4 is 5.49 Å². The largest absolute Gasteiger partial charge is 0.334 e. The normalized spacial score (nSPS) is 11.5. The maximum absolute atomic E-state index is 8.15. The number of aromatic amines is 1. The second-order valence-corrected chi connectivity index (χ2v) is 7.94. The molecule has 0 radical (unpaired) electrons. The molecule has 0 aliphatic rings. The molecule has 0 saturated heterocycles. The van der Waals surface area contributed by atoms with Gasteiger partial charge >= 0.3 is 0 Å². The van der Waals surface area contributed by atoms with Gasteiger partial charge in [0, 0.05) is 21.2 Å². The van der Waals surface area contributed by atoms with Crippen molar-refractivity contribution in [2.24, 2.45) is 0 Å². The lowest BCUT2D eigenvalue weighted by Crippen LogP contribution is -2.13. The number of halogens is 2. The number of hydrogen-bond acceptors (Lipinski definition) is 5. The Kier molecular flexibility index (Phi) is 4.16. The predicted molar refractivity (Wildman–Crippen MR) is 112 cm³/mol. The van der Waals surface area contributed by atoms with E-state index in [9.17, 15) is 0 Å². The number of hydrogen-bond donors (Lipinski definition) is 2. The standard InChI is InChI=1S/C19H12Cl2N6S/c20-12-2-1-3-13(21)11(12)7-27-8-23-17(22)16-19(27)26-18(25-16)10-4-5-15-14(6-10)24-9-28-15/h1-6,8-9,22H,7H2,(H,25,26). The summed E-state index contributed by atoms with van der Waals surface area (Å²) in [5.41, 5.74) is 5.72. The molecule has 0 bridgehead atoms. The zero-order chi connectivity index (χ0) is 19.3. The minimum absolute atomic E-state index is 0.130. The Balaban J connectivity index is 1.65. The summed E-state index contributed by atoms with van der Waals surface area (Å²) in [4.78, 5) is 16.5. The Morgan fingerprint density at radius 3 is 2.75 bits per heavy atom. The van der Waals surface area contributed by atoms with Crippen LogP contribution in [0, 0.1) is 5.41 Å². The van der Waals surface area contributed by atoms with Gasteiger partial charge in [-0.25, -0.2) is 15.0 Å². The average molecular weight is 427 g/mol. The number of thiazole rings is 1. The molecule has 0 atom stereocenters. The lowest BCUT2D eigenvalue weighted by atomic mass is 10.2. The summed E-state index contributed by atoms with van der Waals surface area (Å²) in [5.74, 6) is 0.658. The molecule has 138 valence electrons. The first kappa shape index (κ1) is 17.4. The molecular formula is C19H12Cl2N6S. The van der Waals surface area contributed by atoms with Crippen LogP contribution in [0.25, 0.3) is 32.8 Å². The third kappa shape index (κ3) is 2.88. The first-order valence-electron chi connectivity index (χ1n) is 8.36. The highest BCUT2D eigenvalue weighted by atomic mass is 35.5. The Morgan fingerprint density at radius 2 is 1.93 bits per heavy atom. The van der Waals surface area contributed by atoms with E-state index in [1.54, 1.807) is 35.9 Å². The van der Waals surface area contributed by atoms with Crippen molar-refractivity contribution >= 4 is 55.9 Å². The monoisotopic (exact) mass is 426 g/mol. The molecule has 2 N–H and O–H groups in total. The van der Waals surface area contributed by atoms with Crippen molar-refractivity contribution in [2.45, 2.75) is 6.54 Å². The second-order valence-electron chi connectivity index (χ2n) is 6.24. The molecule has 0 unspecified atom stereocenters. The molecule has 0 aliphatic heterocycles. The first-order chi connectivity index (χ1) is 13.6. The minimum Gasteiger partial charge on any atom is -0.334 e. The Hall–Kier alpha value is -2.74. The van der Waals surface area contributed by atoms with E-state index in [1.165, 1.54) is 0 Å². The van der Waals surface area contributed by atoms with Crippen LogP contribution in [0.4, 0.5) is 0 Å². The first-order valence-corrected chi connectivity index (χ1v) is 10.00. The molecule has 3 heterocycles. The Bertz CT molecular complexity index is 1380. The number of imidazole rings is 1. The molecule has 2 aromatic carbocycles. The molecule has 3 aromatic heterocycles. The van der Waals surface area contributed by atoms with E-state index in [0.717, 1.165) is 21.3 Å². The van der Waals surface area contributed by atoms with E-state index in [0.29, 0.717) is 33.6 Å². The van der Waals surface area contributed by atoms with Gasteiger partial charge in [0.2, 0.25) is 0 Å². The van der Waals surface area contributed by atoms with E-state index in [4.69, 9.17) is 33.6 Å². The van der Waals surface area contributed by atoms with E-state index >= 15 is 0 Å². The summed E-state index contributed by atoms with van der Waals surface area (Å²) < 4.78 is 2.95. The highest BCUT2D eigenvalue weighted by Crippen LogP contribution is 2.27. The van der Waals surface area contributed by atoms with Gasteiger partial charge < -0.3 is 9.55 Å². The molecule has 9 heteroatoms. The van der Waals surface area contributed by atoms with Gasteiger partial charge in [0.1, 0.15) is 11.3 Å². The molecule has 5 rings (SSSR count). The second kappa shape index (κ2) is 6.70. The Morgan fingerprint density at radius 1 is 1.11 bits per heavy atom. The topological polar surface area (TPSA) is 83.2 Å². The molecule has 0 aliphatic carbocycles. The van der Waals surface area contributed by atoms with Crippen molar-refractivity contribution in [1.29, 1.82) is 5.41 Å². The van der Waals surface area contributed by atoms with Crippen LogP contribution in [-0.4, -0.2) is 24.5 Å². The number of aromatic nitrogens is 5. The summed E-state index contributed by atoms with van der Waals surface area (Å²) in [6, 6.07) is 11.4. The number of fused-ring (bicyclic) bond motifs is 2. The average Bonchev–Trinajstić information content (AvgIpc) is 3.33. The van der Waals surface area contributed by atoms with Crippen molar-refractivity contribution in [1.82, 2.24) is 24.5 Å². The number of nitrogens with zero attached hydrogens (tertiary/aromatic N) is 4. The third-order valence-corrected chi connectivity index (χ3v) is 6.03. The zero-order valence-corrected chi connectivity index (χ0v) is 16.6. The lowest BCUT2D eigenvalue weighted by molar-refractivity contribution is 0.784. The van der Waals surface area contributed by atoms with Crippen LogP contribution in [-0.2, 0) is 6.54 Å².